The second kappa shape index (κ2) is 9.28. The number of para-hydroxylation sites is 1. The van der Waals surface area contributed by atoms with Crippen molar-refractivity contribution < 1.29 is 4.42 Å². The van der Waals surface area contributed by atoms with Crippen LogP contribution in [0.15, 0.2) is 56.5 Å². The van der Waals surface area contributed by atoms with Gasteiger partial charge in [-0.1, -0.05) is 12.1 Å². The van der Waals surface area contributed by atoms with Gasteiger partial charge in [-0.15, -0.1) is 0 Å². The Balaban J connectivity index is 1.54. The molecule has 0 spiro atoms. The average Bonchev–Trinajstić information content (AvgIpc) is 3.33. The van der Waals surface area contributed by atoms with Crippen LogP contribution < -0.4 is 15.5 Å². The molecule has 1 saturated heterocycles. The van der Waals surface area contributed by atoms with Crippen molar-refractivity contribution in [3.63, 3.8) is 0 Å². The predicted molar refractivity (Wildman–Crippen MR) is 114 cm³/mol. The van der Waals surface area contributed by atoms with Gasteiger partial charge in [0.2, 0.25) is 0 Å². The summed E-state index contributed by atoms with van der Waals surface area (Å²) in [5.41, 5.74) is 1.25. The zero-order valence-corrected chi connectivity index (χ0v) is 17.7. The standard InChI is InChI=1S/C20H28BrN5O/c1-22-20(23-13-18(25(2)3)19-9-6-12-27-19)24-15-10-11-26(14-15)17-8-5-4-7-16(17)21/h4-9,12,15,18H,10-11,13-14H2,1-3H3,(H2,22,23,24). The van der Waals surface area contributed by atoms with Crippen molar-refractivity contribution in [2.45, 2.75) is 18.5 Å². The van der Waals surface area contributed by atoms with E-state index >= 15 is 0 Å². The fourth-order valence-corrected chi connectivity index (χ4v) is 3.94. The number of guanidine groups is 1. The summed E-state index contributed by atoms with van der Waals surface area (Å²) in [5.74, 6) is 1.77. The van der Waals surface area contributed by atoms with Crippen molar-refractivity contribution in [3.8, 4) is 0 Å². The van der Waals surface area contributed by atoms with Gasteiger partial charge < -0.3 is 20.0 Å². The van der Waals surface area contributed by atoms with Gasteiger partial charge in [-0.05, 0) is 60.7 Å². The maximum absolute atomic E-state index is 5.58. The van der Waals surface area contributed by atoms with Crippen molar-refractivity contribution in [2.24, 2.45) is 4.99 Å². The van der Waals surface area contributed by atoms with Crippen LogP contribution in [0.2, 0.25) is 0 Å². The molecule has 2 aromatic rings. The van der Waals surface area contributed by atoms with E-state index in [0.717, 1.165) is 42.2 Å². The number of hydrogen-bond donors (Lipinski definition) is 2. The molecule has 1 fully saturated rings. The quantitative estimate of drug-likeness (QED) is 0.541. The topological polar surface area (TPSA) is 56.0 Å². The molecule has 1 aliphatic rings. The number of halogens is 1. The molecule has 2 heterocycles. The van der Waals surface area contributed by atoms with Crippen molar-refractivity contribution in [2.75, 3.05) is 45.7 Å². The molecule has 0 radical (unpaired) electrons. The van der Waals surface area contributed by atoms with Crippen LogP contribution in [-0.2, 0) is 0 Å². The largest absolute Gasteiger partial charge is 0.468 e. The molecule has 6 nitrogen and oxygen atoms in total. The highest BCUT2D eigenvalue weighted by Gasteiger charge is 2.25. The van der Waals surface area contributed by atoms with Gasteiger partial charge in [-0.2, -0.15) is 0 Å². The highest BCUT2D eigenvalue weighted by molar-refractivity contribution is 9.10. The molecule has 1 aliphatic heterocycles. The number of hydrogen-bond acceptors (Lipinski definition) is 4. The Bertz CT molecular complexity index is 747. The Labute approximate surface area is 169 Å². The molecule has 2 unspecified atom stereocenters. The number of aliphatic imine (C=N–C) groups is 1. The van der Waals surface area contributed by atoms with E-state index in [1.54, 1.807) is 6.26 Å². The number of nitrogens with zero attached hydrogens (tertiary/aromatic N) is 3. The summed E-state index contributed by atoms with van der Waals surface area (Å²) in [6.07, 6.45) is 2.80. The molecular formula is C20H28BrN5O. The molecule has 0 bridgehead atoms. The number of rotatable bonds is 6. The number of anilines is 1. The monoisotopic (exact) mass is 433 g/mol. The molecule has 0 amide bonds. The number of nitrogens with one attached hydrogen (secondary N) is 2. The zero-order valence-electron chi connectivity index (χ0n) is 16.2. The lowest BCUT2D eigenvalue weighted by Crippen LogP contribution is -2.46. The molecule has 0 saturated carbocycles. The Hall–Kier alpha value is -1.99. The summed E-state index contributed by atoms with van der Waals surface area (Å²) in [4.78, 5) is 8.94. The third kappa shape index (κ3) is 5.05. The first-order valence-electron chi connectivity index (χ1n) is 9.25. The number of benzene rings is 1. The summed E-state index contributed by atoms with van der Waals surface area (Å²) < 4.78 is 6.72. The van der Waals surface area contributed by atoms with Crippen LogP contribution in [0.1, 0.15) is 18.2 Å². The van der Waals surface area contributed by atoms with Crippen LogP contribution in [0.5, 0.6) is 0 Å². The fourth-order valence-electron chi connectivity index (χ4n) is 3.40. The highest BCUT2D eigenvalue weighted by atomic mass is 79.9. The molecule has 1 aromatic carbocycles. The first kappa shape index (κ1) is 19.8. The van der Waals surface area contributed by atoms with E-state index in [4.69, 9.17) is 4.42 Å². The van der Waals surface area contributed by atoms with Crippen LogP contribution in [-0.4, -0.2) is 57.7 Å². The van der Waals surface area contributed by atoms with E-state index in [-0.39, 0.29) is 6.04 Å². The third-order valence-electron chi connectivity index (χ3n) is 4.90. The van der Waals surface area contributed by atoms with Gasteiger partial charge in [0.1, 0.15) is 5.76 Å². The Kier molecular flexibility index (Phi) is 6.79. The van der Waals surface area contributed by atoms with E-state index in [1.165, 1.54) is 5.69 Å². The average molecular weight is 434 g/mol. The lowest BCUT2D eigenvalue weighted by Gasteiger charge is -2.25. The van der Waals surface area contributed by atoms with Gasteiger partial charge in [0.05, 0.1) is 18.0 Å². The number of likely N-dealkylation sites (N-methyl/N-ethyl adjacent to an activating group) is 1. The second-order valence-corrected chi connectivity index (χ2v) is 7.83. The molecular weight excluding hydrogens is 406 g/mol. The van der Waals surface area contributed by atoms with Crippen LogP contribution in [0, 0.1) is 0 Å². The molecule has 3 rings (SSSR count). The van der Waals surface area contributed by atoms with E-state index in [0.29, 0.717) is 6.04 Å². The molecule has 27 heavy (non-hydrogen) atoms. The lowest BCUT2D eigenvalue weighted by atomic mass is 10.2. The SMILES string of the molecule is CN=C(NCC(c1ccco1)N(C)C)NC1CCN(c2ccccc2Br)C1. The normalized spacial score (nSPS) is 18.8. The molecule has 0 aliphatic carbocycles. The molecule has 2 atom stereocenters. The van der Waals surface area contributed by atoms with Crippen LogP contribution in [0.3, 0.4) is 0 Å². The van der Waals surface area contributed by atoms with Gasteiger partial charge in [-0.25, -0.2) is 0 Å². The highest BCUT2D eigenvalue weighted by Crippen LogP contribution is 2.28. The van der Waals surface area contributed by atoms with Crippen molar-refractivity contribution >= 4 is 27.6 Å². The van der Waals surface area contributed by atoms with E-state index in [2.05, 4.69) is 73.7 Å². The summed E-state index contributed by atoms with van der Waals surface area (Å²) in [7, 11) is 5.92. The fraction of sp³-hybridized carbons (Fsp3) is 0.450. The maximum atomic E-state index is 5.58. The summed E-state index contributed by atoms with van der Waals surface area (Å²) in [6, 6.07) is 12.8. The van der Waals surface area contributed by atoms with Gasteiger partial charge in [0, 0.05) is 37.2 Å². The Morgan fingerprint density at radius 1 is 1.33 bits per heavy atom. The Morgan fingerprint density at radius 3 is 2.81 bits per heavy atom. The van der Waals surface area contributed by atoms with Gasteiger partial charge in [0.15, 0.2) is 5.96 Å². The Morgan fingerprint density at radius 2 is 2.15 bits per heavy atom. The maximum Gasteiger partial charge on any atom is 0.191 e. The van der Waals surface area contributed by atoms with Crippen molar-refractivity contribution in [1.29, 1.82) is 0 Å². The first-order valence-corrected chi connectivity index (χ1v) is 10.0. The van der Waals surface area contributed by atoms with E-state index in [1.807, 2.05) is 25.2 Å². The molecule has 7 heteroatoms. The van der Waals surface area contributed by atoms with Crippen molar-refractivity contribution in [3.05, 3.63) is 52.9 Å². The van der Waals surface area contributed by atoms with E-state index in [9.17, 15) is 0 Å². The minimum absolute atomic E-state index is 0.152. The second-order valence-electron chi connectivity index (χ2n) is 6.98. The summed E-state index contributed by atoms with van der Waals surface area (Å²) >= 11 is 3.65. The first-order chi connectivity index (χ1) is 13.1. The minimum Gasteiger partial charge on any atom is -0.468 e. The lowest BCUT2D eigenvalue weighted by molar-refractivity contribution is 0.258. The van der Waals surface area contributed by atoms with Crippen molar-refractivity contribution in [1.82, 2.24) is 15.5 Å². The minimum atomic E-state index is 0.152. The molecule has 2 N–H and O–H groups in total. The number of furan rings is 1. The zero-order chi connectivity index (χ0) is 19.2. The van der Waals surface area contributed by atoms with Crippen LogP contribution >= 0.6 is 15.9 Å². The smallest absolute Gasteiger partial charge is 0.191 e. The van der Waals surface area contributed by atoms with E-state index < -0.39 is 0 Å². The van der Waals surface area contributed by atoms with Crippen LogP contribution in [0.25, 0.3) is 0 Å². The third-order valence-corrected chi connectivity index (χ3v) is 5.57. The summed E-state index contributed by atoms with van der Waals surface area (Å²) in [6.45, 7) is 2.71. The van der Waals surface area contributed by atoms with Gasteiger partial charge >= 0.3 is 0 Å². The molecule has 146 valence electrons. The summed E-state index contributed by atoms with van der Waals surface area (Å²) in [5, 5.41) is 7.00. The molecule has 1 aromatic heterocycles. The predicted octanol–water partition coefficient (Wildman–Crippen LogP) is 3.09. The van der Waals surface area contributed by atoms with Gasteiger partial charge in [-0.3, -0.25) is 9.89 Å². The van der Waals surface area contributed by atoms with Gasteiger partial charge in [0.25, 0.3) is 0 Å². The van der Waals surface area contributed by atoms with Crippen LogP contribution in [0.4, 0.5) is 5.69 Å².